The van der Waals surface area contributed by atoms with E-state index in [0.717, 1.165) is 5.56 Å². The lowest BCUT2D eigenvalue weighted by Gasteiger charge is -2.03. The van der Waals surface area contributed by atoms with Crippen molar-refractivity contribution in [2.75, 3.05) is 0 Å². The summed E-state index contributed by atoms with van der Waals surface area (Å²) in [4.78, 5) is 27.1. The van der Waals surface area contributed by atoms with Gasteiger partial charge >= 0.3 is 5.69 Å². The zero-order valence-electron chi connectivity index (χ0n) is 8.00. The molecule has 0 radical (unpaired) electrons. The van der Waals surface area contributed by atoms with Gasteiger partial charge in [-0.15, -0.1) is 11.6 Å². The molecule has 4 nitrogen and oxygen atoms in total. The summed E-state index contributed by atoms with van der Waals surface area (Å²) in [5.41, 5.74) is 0.480. The van der Waals surface area contributed by atoms with E-state index in [4.69, 9.17) is 11.6 Å². The molecule has 2 aromatic rings. The highest BCUT2D eigenvalue weighted by Gasteiger charge is 2.05. The van der Waals surface area contributed by atoms with Crippen molar-refractivity contribution in [1.29, 1.82) is 0 Å². The Bertz CT molecular complexity index is 613. The predicted octanol–water partition coefficient (Wildman–Crippen LogP) is 1.52. The Morgan fingerprint density at radius 3 is 2.67 bits per heavy atom. The molecule has 1 aromatic heterocycles. The Labute approximate surface area is 89.9 Å². The van der Waals surface area contributed by atoms with Gasteiger partial charge in [-0.2, -0.15) is 0 Å². The minimum atomic E-state index is -0.508. The fourth-order valence-corrected chi connectivity index (χ4v) is 1.57. The molecule has 0 aliphatic carbocycles. The molecule has 5 heteroatoms. The number of alkyl halides is 1. The van der Waals surface area contributed by atoms with Crippen LogP contribution in [0.1, 0.15) is 17.9 Å². The summed E-state index contributed by atoms with van der Waals surface area (Å²) in [5.74, 6) is 0. The van der Waals surface area contributed by atoms with E-state index in [1.54, 1.807) is 18.2 Å². The summed E-state index contributed by atoms with van der Waals surface area (Å²) in [6, 6.07) is 5.13. The Morgan fingerprint density at radius 2 is 2.00 bits per heavy atom. The Kier molecular flexibility index (Phi) is 2.36. The number of hydrogen-bond donors (Lipinski definition) is 2. The molecule has 1 unspecified atom stereocenters. The molecule has 1 atom stereocenters. The lowest BCUT2D eigenvalue weighted by Crippen LogP contribution is -2.21. The van der Waals surface area contributed by atoms with Crippen LogP contribution in [0.5, 0.6) is 0 Å². The van der Waals surface area contributed by atoms with Crippen LogP contribution < -0.4 is 11.2 Å². The van der Waals surface area contributed by atoms with Gasteiger partial charge in [-0.1, -0.05) is 6.07 Å². The summed E-state index contributed by atoms with van der Waals surface area (Å²) in [7, 11) is 0. The van der Waals surface area contributed by atoms with Gasteiger partial charge in [0.15, 0.2) is 0 Å². The van der Waals surface area contributed by atoms with Crippen molar-refractivity contribution >= 4 is 22.5 Å². The minimum Gasteiger partial charge on any atom is -0.307 e. The molecule has 2 rings (SSSR count). The summed E-state index contributed by atoms with van der Waals surface area (Å²) in [5, 5.41) is 0.299. The van der Waals surface area contributed by atoms with Crippen LogP contribution in [-0.4, -0.2) is 9.97 Å². The van der Waals surface area contributed by atoms with Crippen molar-refractivity contribution in [1.82, 2.24) is 9.97 Å². The molecule has 0 aliphatic heterocycles. The number of benzene rings is 1. The molecule has 1 heterocycles. The summed E-state index contributed by atoms with van der Waals surface area (Å²) < 4.78 is 0. The predicted molar refractivity (Wildman–Crippen MR) is 59.5 cm³/mol. The highest BCUT2D eigenvalue weighted by atomic mass is 35.5. The average Bonchev–Trinajstić information content (AvgIpc) is 2.16. The highest BCUT2D eigenvalue weighted by molar-refractivity contribution is 6.20. The second-order valence-corrected chi connectivity index (χ2v) is 3.98. The van der Waals surface area contributed by atoms with E-state index in [2.05, 4.69) is 9.97 Å². The molecular formula is C10H9ClN2O2. The van der Waals surface area contributed by atoms with Crippen molar-refractivity contribution in [3.63, 3.8) is 0 Å². The zero-order valence-corrected chi connectivity index (χ0v) is 8.76. The molecular weight excluding hydrogens is 216 g/mol. The van der Waals surface area contributed by atoms with Crippen molar-refractivity contribution < 1.29 is 0 Å². The number of hydrogen-bond acceptors (Lipinski definition) is 2. The number of aromatic nitrogens is 2. The van der Waals surface area contributed by atoms with E-state index in [9.17, 15) is 9.59 Å². The highest BCUT2D eigenvalue weighted by Crippen LogP contribution is 2.21. The van der Waals surface area contributed by atoms with E-state index in [1.165, 1.54) is 0 Å². The van der Waals surface area contributed by atoms with Crippen LogP contribution in [-0.2, 0) is 0 Å². The monoisotopic (exact) mass is 224 g/mol. The molecule has 0 spiro atoms. The smallest absolute Gasteiger partial charge is 0.307 e. The third-order valence-electron chi connectivity index (χ3n) is 2.22. The van der Waals surface area contributed by atoms with Gasteiger partial charge in [-0.25, -0.2) is 4.79 Å². The topological polar surface area (TPSA) is 65.7 Å². The van der Waals surface area contributed by atoms with Gasteiger partial charge in [0.1, 0.15) is 0 Å². The van der Waals surface area contributed by atoms with Gasteiger partial charge in [-0.3, -0.25) is 9.78 Å². The normalized spacial score (nSPS) is 12.9. The maximum atomic E-state index is 11.4. The van der Waals surface area contributed by atoms with E-state index >= 15 is 0 Å². The standard InChI is InChI=1S/C10H9ClN2O2/c1-5(11)6-2-3-7-8(4-6)12-10(15)13-9(7)14/h2-5H,1H3,(H2,12,13,14,15). The van der Waals surface area contributed by atoms with Crippen LogP contribution in [0.15, 0.2) is 27.8 Å². The minimum absolute atomic E-state index is 0.155. The fourth-order valence-electron chi connectivity index (χ4n) is 1.43. The number of halogens is 1. The molecule has 15 heavy (non-hydrogen) atoms. The average molecular weight is 225 g/mol. The van der Waals surface area contributed by atoms with E-state index < -0.39 is 5.69 Å². The number of nitrogens with one attached hydrogen (secondary N) is 2. The third-order valence-corrected chi connectivity index (χ3v) is 2.47. The van der Waals surface area contributed by atoms with Gasteiger partial charge in [0.05, 0.1) is 16.3 Å². The second kappa shape index (κ2) is 3.55. The number of H-pyrrole nitrogens is 2. The molecule has 1 aromatic carbocycles. The molecule has 0 saturated heterocycles. The quantitative estimate of drug-likeness (QED) is 0.722. The largest absolute Gasteiger partial charge is 0.326 e. The van der Waals surface area contributed by atoms with E-state index in [0.29, 0.717) is 10.9 Å². The number of aromatic amines is 2. The van der Waals surface area contributed by atoms with Crippen molar-refractivity contribution in [3.05, 3.63) is 44.6 Å². The van der Waals surface area contributed by atoms with E-state index in [-0.39, 0.29) is 10.9 Å². The molecule has 0 fully saturated rings. The lowest BCUT2D eigenvalue weighted by atomic mass is 10.1. The maximum absolute atomic E-state index is 11.4. The van der Waals surface area contributed by atoms with Crippen LogP contribution in [0.2, 0.25) is 0 Å². The molecule has 0 aliphatic rings. The number of fused-ring (bicyclic) bond motifs is 1. The molecule has 78 valence electrons. The van der Waals surface area contributed by atoms with Crippen LogP contribution >= 0.6 is 11.6 Å². The van der Waals surface area contributed by atoms with Gasteiger partial charge in [0.2, 0.25) is 0 Å². The van der Waals surface area contributed by atoms with Crippen molar-refractivity contribution in [2.45, 2.75) is 12.3 Å². The van der Waals surface area contributed by atoms with E-state index in [1.807, 2.05) is 6.92 Å². The number of rotatable bonds is 1. The van der Waals surface area contributed by atoms with Crippen LogP contribution in [0.3, 0.4) is 0 Å². The second-order valence-electron chi connectivity index (χ2n) is 3.33. The zero-order chi connectivity index (χ0) is 11.0. The first-order valence-electron chi connectivity index (χ1n) is 4.48. The lowest BCUT2D eigenvalue weighted by molar-refractivity contribution is 1.06. The van der Waals surface area contributed by atoms with Crippen molar-refractivity contribution in [3.8, 4) is 0 Å². The fraction of sp³-hybridized carbons (Fsp3) is 0.200. The molecule has 0 bridgehead atoms. The summed E-state index contributed by atoms with van der Waals surface area (Å²) in [6.07, 6.45) is 0. The Hall–Kier alpha value is -1.55. The first-order valence-corrected chi connectivity index (χ1v) is 4.92. The Morgan fingerprint density at radius 1 is 1.27 bits per heavy atom. The van der Waals surface area contributed by atoms with Gasteiger partial charge in [0.25, 0.3) is 5.56 Å². The molecule has 2 N–H and O–H groups in total. The van der Waals surface area contributed by atoms with Gasteiger partial charge in [-0.05, 0) is 24.6 Å². The van der Waals surface area contributed by atoms with Crippen LogP contribution in [0.4, 0.5) is 0 Å². The first kappa shape index (κ1) is 9.98. The van der Waals surface area contributed by atoms with Gasteiger partial charge in [0, 0.05) is 0 Å². The SMILES string of the molecule is CC(Cl)c1ccc2c(=O)[nH]c(=O)[nH]c2c1. The van der Waals surface area contributed by atoms with Gasteiger partial charge < -0.3 is 4.98 Å². The third kappa shape index (κ3) is 1.80. The maximum Gasteiger partial charge on any atom is 0.326 e. The van der Waals surface area contributed by atoms with Crippen LogP contribution in [0.25, 0.3) is 10.9 Å². The van der Waals surface area contributed by atoms with Crippen molar-refractivity contribution in [2.24, 2.45) is 0 Å². The molecule has 0 saturated carbocycles. The Balaban J connectivity index is 2.82. The first-order chi connectivity index (χ1) is 7.08. The summed E-state index contributed by atoms with van der Waals surface area (Å²) in [6.45, 7) is 1.83. The summed E-state index contributed by atoms with van der Waals surface area (Å²) >= 11 is 5.91. The molecule has 0 amide bonds. The van der Waals surface area contributed by atoms with Crippen LogP contribution in [0, 0.1) is 0 Å².